The monoisotopic (exact) mass is 150 g/mol. The minimum Gasteiger partial charge on any atom is -0.299 e. The lowest BCUT2D eigenvalue weighted by molar-refractivity contribution is -0.114. The Morgan fingerprint density at radius 2 is 2.38 bits per heavy atom. The quantitative estimate of drug-likeness (QED) is 0.479. The normalized spacial score (nSPS) is 9.25. The molecule has 0 bridgehead atoms. The second-order valence-corrected chi connectivity index (χ2v) is 3.03. The van der Waals surface area contributed by atoms with Gasteiger partial charge in [0.15, 0.2) is 0 Å². The Labute approximate surface area is 59.6 Å². The molecule has 0 saturated heterocycles. The van der Waals surface area contributed by atoms with Crippen LogP contribution in [0.4, 0.5) is 0 Å². The van der Waals surface area contributed by atoms with E-state index in [4.69, 9.17) is 0 Å². The fraction of sp³-hybridized carbons (Fsp3) is 0.800. The van der Waals surface area contributed by atoms with Crippen LogP contribution in [-0.4, -0.2) is 23.0 Å². The third-order valence-electron chi connectivity index (χ3n) is 0.541. The van der Waals surface area contributed by atoms with Crippen LogP contribution < -0.4 is 0 Å². The van der Waals surface area contributed by atoms with E-state index in [1.54, 1.807) is 18.7 Å². The van der Waals surface area contributed by atoms with E-state index in [9.17, 15) is 4.79 Å². The molecule has 0 aromatic rings. The van der Waals surface area contributed by atoms with E-state index in [1.807, 2.05) is 0 Å². The van der Waals surface area contributed by atoms with Gasteiger partial charge in [-0.25, -0.2) is 0 Å². The molecule has 3 heteroatoms. The fourth-order valence-corrected chi connectivity index (χ4v) is 1.23. The SMILES string of the molecule is CC(=O)CSCCS. The lowest BCUT2D eigenvalue weighted by atomic mass is 10.5. The number of hydrogen-bond acceptors (Lipinski definition) is 3. The Bertz CT molecular complexity index is 72.8. The molecule has 0 aromatic heterocycles. The Kier molecular flexibility index (Phi) is 5.76. The largest absolute Gasteiger partial charge is 0.299 e. The van der Waals surface area contributed by atoms with Gasteiger partial charge in [-0.15, -0.1) is 0 Å². The maximum atomic E-state index is 10.3. The molecular formula is C5H10OS2. The predicted molar refractivity (Wildman–Crippen MR) is 41.9 cm³/mol. The summed E-state index contributed by atoms with van der Waals surface area (Å²) in [6.45, 7) is 1.60. The van der Waals surface area contributed by atoms with Crippen molar-refractivity contribution in [3.63, 3.8) is 0 Å². The van der Waals surface area contributed by atoms with E-state index in [0.29, 0.717) is 5.75 Å². The van der Waals surface area contributed by atoms with Crippen LogP contribution in [0.25, 0.3) is 0 Å². The van der Waals surface area contributed by atoms with Gasteiger partial charge < -0.3 is 0 Å². The first kappa shape index (κ1) is 8.37. The zero-order valence-electron chi connectivity index (χ0n) is 4.89. The first-order valence-corrected chi connectivity index (χ1v) is 4.24. The third kappa shape index (κ3) is 6.37. The van der Waals surface area contributed by atoms with E-state index >= 15 is 0 Å². The molecule has 0 radical (unpaired) electrons. The molecule has 0 aliphatic rings. The molecule has 8 heavy (non-hydrogen) atoms. The van der Waals surface area contributed by atoms with Gasteiger partial charge in [-0.05, 0) is 12.7 Å². The highest BCUT2D eigenvalue weighted by molar-refractivity contribution is 8.00. The van der Waals surface area contributed by atoms with Crippen molar-refractivity contribution in [1.82, 2.24) is 0 Å². The minimum absolute atomic E-state index is 0.247. The minimum atomic E-state index is 0.247. The second kappa shape index (κ2) is 5.51. The van der Waals surface area contributed by atoms with Gasteiger partial charge in [0, 0.05) is 5.75 Å². The van der Waals surface area contributed by atoms with E-state index in [0.717, 1.165) is 11.5 Å². The number of Topliss-reactive ketones (excluding diaryl/α,β-unsaturated/α-hetero) is 1. The van der Waals surface area contributed by atoms with Crippen LogP contribution in [0, 0.1) is 0 Å². The van der Waals surface area contributed by atoms with Gasteiger partial charge in [0.1, 0.15) is 5.78 Å². The average molecular weight is 150 g/mol. The zero-order valence-corrected chi connectivity index (χ0v) is 6.60. The van der Waals surface area contributed by atoms with Crippen LogP contribution in [-0.2, 0) is 4.79 Å². The summed E-state index contributed by atoms with van der Waals surface area (Å²) in [4.78, 5) is 10.3. The smallest absolute Gasteiger partial charge is 0.139 e. The summed E-state index contributed by atoms with van der Waals surface area (Å²) in [6.07, 6.45) is 0. The third-order valence-corrected chi connectivity index (χ3v) is 2.17. The lowest BCUT2D eigenvalue weighted by Gasteiger charge is -1.90. The Morgan fingerprint density at radius 1 is 1.75 bits per heavy atom. The predicted octanol–water partition coefficient (Wildman–Crippen LogP) is 1.24. The highest BCUT2D eigenvalue weighted by Gasteiger charge is 1.90. The summed E-state index contributed by atoms with van der Waals surface area (Å²) < 4.78 is 0. The number of rotatable bonds is 4. The molecule has 0 aliphatic heterocycles. The first-order chi connectivity index (χ1) is 3.77. The number of carbonyl (C=O) groups is 1. The lowest BCUT2D eigenvalue weighted by Crippen LogP contribution is -1.94. The van der Waals surface area contributed by atoms with Crippen LogP contribution >= 0.6 is 24.4 Å². The number of ketones is 1. The summed E-state index contributed by atoms with van der Waals surface area (Å²) in [7, 11) is 0. The molecular weight excluding hydrogens is 140 g/mol. The van der Waals surface area contributed by atoms with Crippen molar-refractivity contribution in [2.45, 2.75) is 6.92 Å². The summed E-state index contributed by atoms with van der Waals surface area (Å²) in [5.41, 5.74) is 0. The van der Waals surface area contributed by atoms with Crippen LogP contribution in [0.15, 0.2) is 0 Å². The topological polar surface area (TPSA) is 17.1 Å². The molecule has 0 aromatic carbocycles. The molecule has 0 fully saturated rings. The number of hydrogen-bond donors (Lipinski definition) is 1. The highest BCUT2D eigenvalue weighted by Crippen LogP contribution is 1.99. The van der Waals surface area contributed by atoms with Crippen molar-refractivity contribution in [3.05, 3.63) is 0 Å². The number of thiol groups is 1. The van der Waals surface area contributed by atoms with E-state index in [-0.39, 0.29) is 5.78 Å². The maximum absolute atomic E-state index is 10.3. The van der Waals surface area contributed by atoms with Crippen molar-refractivity contribution >= 4 is 30.2 Å². The van der Waals surface area contributed by atoms with Crippen molar-refractivity contribution in [1.29, 1.82) is 0 Å². The van der Waals surface area contributed by atoms with Crippen molar-refractivity contribution < 1.29 is 4.79 Å². The van der Waals surface area contributed by atoms with Gasteiger partial charge >= 0.3 is 0 Å². The highest BCUT2D eigenvalue weighted by atomic mass is 32.2. The molecule has 0 N–H and O–H groups in total. The molecule has 0 amide bonds. The van der Waals surface area contributed by atoms with Gasteiger partial charge in [-0.2, -0.15) is 24.4 Å². The summed E-state index contributed by atoms with van der Waals surface area (Å²) in [5.74, 6) is 2.72. The molecule has 0 heterocycles. The van der Waals surface area contributed by atoms with Crippen molar-refractivity contribution in [2.75, 3.05) is 17.3 Å². The van der Waals surface area contributed by atoms with E-state index in [2.05, 4.69) is 12.6 Å². The van der Waals surface area contributed by atoms with Crippen LogP contribution in [0.5, 0.6) is 0 Å². The standard InChI is InChI=1S/C5H10OS2/c1-5(6)4-8-3-2-7/h7H,2-4H2,1H3. The molecule has 1 nitrogen and oxygen atoms in total. The van der Waals surface area contributed by atoms with Crippen LogP contribution in [0.1, 0.15) is 6.92 Å². The van der Waals surface area contributed by atoms with Crippen molar-refractivity contribution in [2.24, 2.45) is 0 Å². The van der Waals surface area contributed by atoms with Crippen LogP contribution in [0.2, 0.25) is 0 Å². The molecule has 0 atom stereocenters. The molecule has 0 saturated carbocycles. The van der Waals surface area contributed by atoms with E-state index < -0.39 is 0 Å². The van der Waals surface area contributed by atoms with Gasteiger partial charge in [-0.3, -0.25) is 4.79 Å². The summed E-state index contributed by atoms with van der Waals surface area (Å²) in [5, 5.41) is 0. The summed E-state index contributed by atoms with van der Waals surface area (Å²) >= 11 is 5.63. The molecule has 0 unspecified atom stereocenters. The van der Waals surface area contributed by atoms with Gasteiger partial charge in [0.05, 0.1) is 5.75 Å². The summed E-state index contributed by atoms with van der Waals surface area (Å²) in [6, 6.07) is 0. The van der Waals surface area contributed by atoms with E-state index in [1.165, 1.54) is 0 Å². The van der Waals surface area contributed by atoms with Gasteiger partial charge in [0.25, 0.3) is 0 Å². The second-order valence-electron chi connectivity index (χ2n) is 1.48. The fourth-order valence-electron chi connectivity index (χ4n) is 0.280. The number of carbonyl (C=O) groups excluding carboxylic acids is 1. The molecule has 0 aliphatic carbocycles. The Morgan fingerprint density at radius 3 is 2.75 bits per heavy atom. The average Bonchev–Trinajstić information content (AvgIpc) is 1.66. The maximum Gasteiger partial charge on any atom is 0.139 e. The van der Waals surface area contributed by atoms with Crippen molar-refractivity contribution in [3.8, 4) is 0 Å². The van der Waals surface area contributed by atoms with Crippen LogP contribution in [0.3, 0.4) is 0 Å². The zero-order chi connectivity index (χ0) is 6.41. The first-order valence-electron chi connectivity index (χ1n) is 2.45. The Hall–Kier alpha value is 0.370. The molecule has 0 rings (SSSR count). The number of thioether (sulfide) groups is 1. The molecule has 48 valence electrons. The van der Waals surface area contributed by atoms with Gasteiger partial charge in [0.2, 0.25) is 0 Å². The molecule has 0 spiro atoms. The van der Waals surface area contributed by atoms with Gasteiger partial charge in [-0.1, -0.05) is 0 Å². The Balaban J connectivity index is 2.82.